The largest absolute Gasteiger partial charge is 0.361 e. The number of nitrogens with zero attached hydrogens (tertiary/aromatic N) is 2. The van der Waals surface area contributed by atoms with Gasteiger partial charge in [-0.2, -0.15) is 9.97 Å². The highest BCUT2D eigenvalue weighted by Crippen LogP contribution is 2.32. The molecule has 0 fully saturated rings. The normalized spacial score (nSPS) is 10.9. The van der Waals surface area contributed by atoms with Gasteiger partial charge in [-0.05, 0) is 41.1 Å². The van der Waals surface area contributed by atoms with E-state index in [1.807, 2.05) is 61.7 Å². The molecule has 4 N–H and O–H groups in total. The molecule has 5 aromatic rings. The molecule has 0 aliphatic rings. The van der Waals surface area contributed by atoms with Crippen LogP contribution < -0.4 is 16.3 Å². The molecule has 0 saturated heterocycles. The maximum atomic E-state index is 12.2. The van der Waals surface area contributed by atoms with Crippen LogP contribution in [0.2, 0.25) is 0 Å². The Hall–Kier alpha value is -4.39. The minimum Gasteiger partial charge on any atom is -0.361 e. The van der Waals surface area contributed by atoms with Crippen molar-refractivity contribution in [1.29, 1.82) is 0 Å². The molecule has 7 nitrogen and oxygen atoms in total. The first kappa shape index (κ1) is 19.6. The Kier molecular flexibility index (Phi) is 5.13. The number of rotatable bonds is 6. The van der Waals surface area contributed by atoms with Gasteiger partial charge in [0.25, 0.3) is 0 Å². The van der Waals surface area contributed by atoms with Crippen LogP contribution in [0.5, 0.6) is 0 Å². The number of hydrogen-bond acceptors (Lipinski definition) is 5. The van der Waals surface area contributed by atoms with E-state index in [1.165, 1.54) is 0 Å². The molecular weight excluding hydrogens is 400 g/mol. The zero-order valence-corrected chi connectivity index (χ0v) is 17.5. The van der Waals surface area contributed by atoms with Crippen molar-refractivity contribution >= 4 is 28.5 Å². The summed E-state index contributed by atoms with van der Waals surface area (Å²) in [6.45, 7) is 2.52. The number of aryl methyl sites for hydroxylation is 1. The predicted octanol–water partition coefficient (Wildman–Crippen LogP) is 4.98. The average Bonchev–Trinajstić information content (AvgIpc) is 3.27. The molecule has 0 saturated carbocycles. The molecule has 0 atom stereocenters. The Bertz CT molecular complexity index is 1440. The van der Waals surface area contributed by atoms with Gasteiger partial charge in [-0.25, -0.2) is 4.79 Å². The van der Waals surface area contributed by atoms with Crippen molar-refractivity contribution in [2.75, 3.05) is 10.6 Å². The first-order valence-corrected chi connectivity index (χ1v) is 10.4. The molecule has 3 aromatic carbocycles. The van der Waals surface area contributed by atoms with Gasteiger partial charge in [0.2, 0.25) is 11.9 Å². The summed E-state index contributed by atoms with van der Waals surface area (Å²) in [4.78, 5) is 26.5. The number of para-hydroxylation sites is 1. The van der Waals surface area contributed by atoms with Crippen molar-refractivity contribution < 1.29 is 0 Å². The predicted molar refractivity (Wildman–Crippen MR) is 128 cm³/mol. The Morgan fingerprint density at radius 1 is 0.938 bits per heavy atom. The van der Waals surface area contributed by atoms with Gasteiger partial charge in [0.05, 0.1) is 5.69 Å². The van der Waals surface area contributed by atoms with Crippen LogP contribution in [-0.4, -0.2) is 19.9 Å². The molecular formula is C25H22N6O. The van der Waals surface area contributed by atoms with Crippen LogP contribution in [0.1, 0.15) is 11.1 Å². The standard InChI is InChI=1S/C25H22N6O/c1-16-6-5-9-20(18-7-3-2-4-8-18)22(16)28-24-29-23(30-25(32)31-24)27-15-17-10-11-19-12-13-26-21(19)14-17/h2-14,26H,15H2,1H3,(H3,27,28,29,30,31,32). The van der Waals surface area contributed by atoms with E-state index in [-0.39, 0.29) is 5.95 Å². The summed E-state index contributed by atoms with van der Waals surface area (Å²) in [5, 5.41) is 7.59. The van der Waals surface area contributed by atoms with Crippen molar-refractivity contribution in [3.63, 3.8) is 0 Å². The molecule has 0 amide bonds. The van der Waals surface area contributed by atoms with Gasteiger partial charge < -0.3 is 15.6 Å². The van der Waals surface area contributed by atoms with Crippen molar-refractivity contribution in [2.24, 2.45) is 0 Å². The van der Waals surface area contributed by atoms with E-state index in [0.717, 1.165) is 38.8 Å². The van der Waals surface area contributed by atoms with Crippen LogP contribution in [0.3, 0.4) is 0 Å². The zero-order valence-electron chi connectivity index (χ0n) is 17.5. The van der Waals surface area contributed by atoms with E-state index < -0.39 is 5.69 Å². The Balaban J connectivity index is 1.40. The Labute approximate surface area is 184 Å². The number of aromatic nitrogens is 4. The summed E-state index contributed by atoms with van der Waals surface area (Å²) in [5.74, 6) is 0.594. The van der Waals surface area contributed by atoms with Crippen molar-refractivity contribution in [3.8, 4) is 11.1 Å². The highest BCUT2D eigenvalue weighted by molar-refractivity contribution is 5.82. The summed E-state index contributed by atoms with van der Waals surface area (Å²) in [6, 6.07) is 24.3. The minimum absolute atomic E-state index is 0.262. The summed E-state index contributed by atoms with van der Waals surface area (Å²) in [5.41, 5.74) is 5.68. The van der Waals surface area contributed by atoms with E-state index in [2.05, 4.69) is 54.8 Å². The second-order valence-corrected chi connectivity index (χ2v) is 7.57. The van der Waals surface area contributed by atoms with Gasteiger partial charge in [0.1, 0.15) is 0 Å². The SMILES string of the molecule is Cc1cccc(-c2ccccc2)c1Nc1nc(NCc2ccc3cc[nH]c3c2)nc(=O)[nH]1. The van der Waals surface area contributed by atoms with E-state index in [0.29, 0.717) is 12.5 Å². The summed E-state index contributed by atoms with van der Waals surface area (Å²) < 4.78 is 0. The van der Waals surface area contributed by atoms with Gasteiger partial charge in [-0.1, -0.05) is 60.7 Å². The molecule has 7 heteroatoms. The fourth-order valence-electron chi connectivity index (χ4n) is 3.72. The Morgan fingerprint density at radius 3 is 2.69 bits per heavy atom. The lowest BCUT2D eigenvalue weighted by Crippen LogP contribution is -2.18. The van der Waals surface area contributed by atoms with Crippen molar-refractivity contribution in [1.82, 2.24) is 19.9 Å². The number of anilines is 3. The monoisotopic (exact) mass is 422 g/mol. The summed E-state index contributed by atoms with van der Waals surface area (Å²) >= 11 is 0. The van der Waals surface area contributed by atoms with Crippen molar-refractivity contribution in [3.05, 3.63) is 101 Å². The van der Waals surface area contributed by atoms with Gasteiger partial charge in [0, 0.05) is 23.8 Å². The highest BCUT2D eigenvalue weighted by atomic mass is 16.1. The fraction of sp³-hybridized carbons (Fsp3) is 0.0800. The minimum atomic E-state index is -0.473. The van der Waals surface area contributed by atoms with Crippen molar-refractivity contribution in [2.45, 2.75) is 13.5 Å². The van der Waals surface area contributed by atoms with Gasteiger partial charge in [-0.3, -0.25) is 4.98 Å². The maximum absolute atomic E-state index is 12.2. The second-order valence-electron chi connectivity index (χ2n) is 7.57. The average molecular weight is 422 g/mol. The van der Waals surface area contributed by atoms with E-state index >= 15 is 0 Å². The third-order valence-electron chi connectivity index (χ3n) is 5.32. The molecule has 32 heavy (non-hydrogen) atoms. The molecule has 0 radical (unpaired) electrons. The molecule has 2 heterocycles. The number of nitrogens with one attached hydrogen (secondary N) is 4. The molecule has 158 valence electrons. The number of fused-ring (bicyclic) bond motifs is 1. The maximum Gasteiger partial charge on any atom is 0.351 e. The van der Waals surface area contributed by atoms with E-state index in [4.69, 9.17) is 0 Å². The number of benzene rings is 3. The molecule has 0 aliphatic heterocycles. The number of aromatic amines is 2. The van der Waals surface area contributed by atoms with Gasteiger partial charge in [-0.15, -0.1) is 0 Å². The highest BCUT2D eigenvalue weighted by Gasteiger charge is 2.11. The third-order valence-corrected chi connectivity index (χ3v) is 5.32. The number of hydrogen-bond donors (Lipinski definition) is 4. The Morgan fingerprint density at radius 2 is 1.81 bits per heavy atom. The first-order chi connectivity index (χ1) is 15.7. The van der Waals surface area contributed by atoms with Crippen LogP contribution >= 0.6 is 0 Å². The van der Waals surface area contributed by atoms with E-state index in [9.17, 15) is 4.79 Å². The van der Waals surface area contributed by atoms with Crippen LogP contribution in [-0.2, 0) is 6.54 Å². The van der Waals surface area contributed by atoms with Crippen LogP contribution in [0, 0.1) is 6.92 Å². The topological polar surface area (TPSA) is 98.5 Å². The second kappa shape index (κ2) is 8.39. The quantitative estimate of drug-likeness (QED) is 0.309. The molecule has 2 aromatic heterocycles. The van der Waals surface area contributed by atoms with Crippen LogP contribution in [0.15, 0.2) is 83.8 Å². The molecule has 5 rings (SSSR count). The van der Waals surface area contributed by atoms with E-state index in [1.54, 1.807) is 0 Å². The fourth-order valence-corrected chi connectivity index (χ4v) is 3.72. The smallest absolute Gasteiger partial charge is 0.351 e. The third kappa shape index (κ3) is 4.09. The molecule has 0 bridgehead atoms. The summed E-state index contributed by atoms with van der Waals surface area (Å²) in [7, 11) is 0. The lowest BCUT2D eigenvalue weighted by molar-refractivity contribution is 0.966. The molecule has 0 aliphatic carbocycles. The summed E-state index contributed by atoms with van der Waals surface area (Å²) in [6.07, 6.45) is 1.91. The zero-order chi connectivity index (χ0) is 21.9. The van der Waals surface area contributed by atoms with Gasteiger partial charge >= 0.3 is 5.69 Å². The molecule has 0 spiro atoms. The lowest BCUT2D eigenvalue weighted by Gasteiger charge is -2.15. The van der Waals surface area contributed by atoms with Crippen LogP contribution in [0.25, 0.3) is 22.0 Å². The molecule has 0 unspecified atom stereocenters. The number of H-pyrrole nitrogens is 2. The first-order valence-electron chi connectivity index (χ1n) is 10.4. The lowest BCUT2D eigenvalue weighted by atomic mass is 10.0. The van der Waals surface area contributed by atoms with Gasteiger partial charge in [0.15, 0.2) is 0 Å². The van der Waals surface area contributed by atoms with Crippen LogP contribution in [0.4, 0.5) is 17.6 Å².